The molecule has 3 rings (SSSR count). The molecule has 0 radical (unpaired) electrons. The molecule has 0 aliphatic heterocycles. The van der Waals surface area contributed by atoms with Crippen molar-refractivity contribution in [3.63, 3.8) is 0 Å². The van der Waals surface area contributed by atoms with Crippen LogP contribution in [0.4, 0.5) is 5.13 Å². The van der Waals surface area contributed by atoms with Gasteiger partial charge in [0.2, 0.25) is 5.91 Å². The molecular formula is C18H16N2O3S2. The monoisotopic (exact) mass is 372 g/mol. The topological polar surface area (TPSA) is 76.1 Å². The van der Waals surface area contributed by atoms with Gasteiger partial charge in [-0.3, -0.25) is 10.1 Å². The number of nitrogens with zero attached hydrogens (tertiary/aromatic N) is 1. The Morgan fingerprint density at radius 2 is 1.88 bits per heavy atom. The van der Waals surface area contributed by atoms with E-state index in [0.717, 1.165) is 17.4 Å². The number of rotatable bonds is 4. The zero-order valence-corrected chi connectivity index (χ0v) is 15.3. The molecule has 0 aliphatic rings. The van der Waals surface area contributed by atoms with E-state index in [0.29, 0.717) is 15.3 Å². The van der Waals surface area contributed by atoms with E-state index >= 15 is 0 Å². The van der Waals surface area contributed by atoms with Crippen molar-refractivity contribution in [2.24, 2.45) is 0 Å². The molecule has 128 valence electrons. The Bertz CT molecular complexity index is 1070. The van der Waals surface area contributed by atoms with Crippen LogP contribution >= 0.6 is 11.3 Å². The number of thiazole rings is 1. The van der Waals surface area contributed by atoms with Gasteiger partial charge >= 0.3 is 0 Å². The van der Waals surface area contributed by atoms with Gasteiger partial charge in [0.25, 0.3) is 0 Å². The highest BCUT2D eigenvalue weighted by molar-refractivity contribution is 7.90. The van der Waals surface area contributed by atoms with Gasteiger partial charge in [-0.15, -0.1) is 0 Å². The summed E-state index contributed by atoms with van der Waals surface area (Å²) < 4.78 is 23.9. The van der Waals surface area contributed by atoms with E-state index in [1.54, 1.807) is 18.2 Å². The number of nitrogens with one attached hydrogen (secondary N) is 1. The predicted molar refractivity (Wildman–Crippen MR) is 102 cm³/mol. The maximum atomic E-state index is 12.0. The molecule has 25 heavy (non-hydrogen) atoms. The lowest BCUT2D eigenvalue weighted by Crippen LogP contribution is -2.07. The fourth-order valence-corrected chi connectivity index (χ4v) is 3.82. The van der Waals surface area contributed by atoms with Gasteiger partial charge in [0.1, 0.15) is 0 Å². The molecule has 0 fully saturated rings. The van der Waals surface area contributed by atoms with Gasteiger partial charge in [0.05, 0.1) is 15.1 Å². The minimum absolute atomic E-state index is 0.237. The molecule has 1 aromatic heterocycles. The number of aryl methyl sites for hydroxylation is 1. The molecule has 1 amide bonds. The zero-order chi connectivity index (χ0) is 18.0. The minimum Gasteiger partial charge on any atom is -0.298 e. The summed E-state index contributed by atoms with van der Waals surface area (Å²) in [6.45, 7) is 2.00. The number of hydrogen-bond donors (Lipinski definition) is 1. The number of carbonyl (C=O) groups is 1. The van der Waals surface area contributed by atoms with E-state index in [4.69, 9.17) is 0 Å². The molecule has 3 aromatic rings. The number of benzene rings is 2. The van der Waals surface area contributed by atoms with Crippen molar-refractivity contribution in [3.05, 3.63) is 59.7 Å². The average molecular weight is 372 g/mol. The Hall–Kier alpha value is -2.51. The molecule has 0 saturated carbocycles. The smallest absolute Gasteiger partial charge is 0.250 e. The second-order valence-electron chi connectivity index (χ2n) is 5.65. The van der Waals surface area contributed by atoms with Gasteiger partial charge in [0.15, 0.2) is 15.0 Å². The standard InChI is InChI=1S/C18H16N2O3S2/c1-12-3-5-13(6-4-12)7-10-17(21)20-18-19-15-9-8-14(25(2,22)23)11-16(15)24-18/h3-11H,1-2H3,(H,19,20,21). The third-order valence-corrected chi connectivity index (χ3v) is 5.57. The Kier molecular flexibility index (Phi) is 4.69. The highest BCUT2D eigenvalue weighted by Gasteiger charge is 2.11. The lowest BCUT2D eigenvalue weighted by molar-refractivity contribution is -0.111. The number of aromatic nitrogens is 1. The number of carbonyl (C=O) groups excluding carboxylic acids is 1. The van der Waals surface area contributed by atoms with Gasteiger partial charge in [-0.25, -0.2) is 13.4 Å². The van der Waals surface area contributed by atoms with Gasteiger partial charge in [-0.2, -0.15) is 0 Å². The van der Waals surface area contributed by atoms with Crippen molar-refractivity contribution < 1.29 is 13.2 Å². The molecule has 7 heteroatoms. The van der Waals surface area contributed by atoms with Crippen molar-refractivity contribution in [3.8, 4) is 0 Å². The highest BCUT2D eigenvalue weighted by atomic mass is 32.2. The molecule has 1 heterocycles. The van der Waals surface area contributed by atoms with Crippen molar-refractivity contribution in [1.82, 2.24) is 4.98 Å². The van der Waals surface area contributed by atoms with Crippen LogP contribution in [0.3, 0.4) is 0 Å². The lowest BCUT2D eigenvalue weighted by atomic mass is 10.1. The van der Waals surface area contributed by atoms with E-state index in [1.165, 1.54) is 23.5 Å². The van der Waals surface area contributed by atoms with E-state index in [9.17, 15) is 13.2 Å². The Morgan fingerprint density at radius 1 is 1.16 bits per heavy atom. The zero-order valence-electron chi connectivity index (χ0n) is 13.7. The Morgan fingerprint density at radius 3 is 2.56 bits per heavy atom. The molecule has 1 N–H and O–H groups in total. The summed E-state index contributed by atoms with van der Waals surface area (Å²) in [5.41, 5.74) is 2.74. The number of sulfone groups is 1. The first-order chi connectivity index (χ1) is 11.8. The molecule has 5 nitrogen and oxygen atoms in total. The van der Waals surface area contributed by atoms with E-state index in [1.807, 2.05) is 31.2 Å². The number of hydrogen-bond acceptors (Lipinski definition) is 5. The van der Waals surface area contributed by atoms with Crippen molar-refractivity contribution in [2.75, 3.05) is 11.6 Å². The quantitative estimate of drug-likeness (QED) is 0.709. The summed E-state index contributed by atoms with van der Waals surface area (Å²) in [6.07, 6.45) is 4.33. The van der Waals surface area contributed by atoms with Crippen molar-refractivity contribution in [2.45, 2.75) is 11.8 Å². The first-order valence-corrected chi connectivity index (χ1v) is 10.2. The second-order valence-corrected chi connectivity index (χ2v) is 8.70. The summed E-state index contributed by atoms with van der Waals surface area (Å²) in [5.74, 6) is -0.289. The molecule has 0 bridgehead atoms. The van der Waals surface area contributed by atoms with Gasteiger partial charge in [-0.05, 0) is 36.8 Å². The van der Waals surface area contributed by atoms with E-state index < -0.39 is 9.84 Å². The third kappa shape index (κ3) is 4.32. The molecular weight excluding hydrogens is 356 g/mol. The lowest BCUT2D eigenvalue weighted by Gasteiger charge is -1.96. The van der Waals surface area contributed by atoms with Crippen LogP contribution in [0.2, 0.25) is 0 Å². The van der Waals surface area contributed by atoms with Crippen LogP contribution in [0.15, 0.2) is 53.4 Å². The Labute approximate surface area is 150 Å². The van der Waals surface area contributed by atoms with E-state index in [2.05, 4.69) is 10.3 Å². The van der Waals surface area contributed by atoms with Crippen molar-refractivity contribution in [1.29, 1.82) is 0 Å². The largest absolute Gasteiger partial charge is 0.298 e. The summed E-state index contributed by atoms with van der Waals surface area (Å²) in [7, 11) is -3.27. The van der Waals surface area contributed by atoms with Crippen LogP contribution < -0.4 is 5.32 Å². The molecule has 0 unspecified atom stereocenters. The second kappa shape index (κ2) is 6.78. The summed E-state index contributed by atoms with van der Waals surface area (Å²) >= 11 is 1.24. The van der Waals surface area contributed by atoms with Crippen LogP contribution in [-0.2, 0) is 14.6 Å². The fourth-order valence-electron chi connectivity index (χ4n) is 2.19. The molecule has 0 atom stereocenters. The van der Waals surface area contributed by atoms with Crippen LogP contribution in [0.25, 0.3) is 16.3 Å². The SMILES string of the molecule is Cc1ccc(C=CC(=O)Nc2nc3ccc(S(C)(=O)=O)cc3s2)cc1. The number of amides is 1. The van der Waals surface area contributed by atoms with Gasteiger partial charge in [0, 0.05) is 12.3 Å². The normalized spacial score (nSPS) is 11.9. The average Bonchev–Trinajstić information content (AvgIpc) is 2.94. The fraction of sp³-hybridized carbons (Fsp3) is 0.111. The Balaban J connectivity index is 1.76. The predicted octanol–water partition coefficient (Wildman–Crippen LogP) is 3.66. The van der Waals surface area contributed by atoms with E-state index in [-0.39, 0.29) is 10.8 Å². The molecule has 0 spiro atoms. The first kappa shape index (κ1) is 17.3. The van der Waals surface area contributed by atoms with Crippen LogP contribution in [0.1, 0.15) is 11.1 Å². The van der Waals surface area contributed by atoms with Crippen LogP contribution in [-0.4, -0.2) is 25.6 Å². The number of anilines is 1. The number of fused-ring (bicyclic) bond motifs is 1. The minimum atomic E-state index is -3.27. The first-order valence-electron chi connectivity index (χ1n) is 7.48. The summed E-state index contributed by atoms with van der Waals surface area (Å²) in [5, 5.41) is 3.13. The molecule has 0 saturated heterocycles. The van der Waals surface area contributed by atoms with Gasteiger partial charge < -0.3 is 0 Å². The van der Waals surface area contributed by atoms with Gasteiger partial charge in [-0.1, -0.05) is 41.2 Å². The maximum Gasteiger partial charge on any atom is 0.250 e. The summed E-state index contributed by atoms with van der Waals surface area (Å²) in [6, 6.07) is 12.5. The van der Waals surface area contributed by atoms with Crippen LogP contribution in [0, 0.1) is 6.92 Å². The van der Waals surface area contributed by atoms with Crippen molar-refractivity contribution >= 4 is 48.5 Å². The van der Waals surface area contributed by atoms with Crippen LogP contribution in [0.5, 0.6) is 0 Å². The molecule has 2 aromatic carbocycles. The maximum absolute atomic E-state index is 12.0. The summed E-state index contributed by atoms with van der Waals surface area (Å²) in [4.78, 5) is 16.6. The third-order valence-electron chi connectivity index (χ3n) is 3.52. The highest BCUT2D eigenvalue weighted by Crippen LogP contribution is 2.28. The molecule has 0 aliphatic carbocycles.